The molecule has 2 unspecified atom stereocenters. The summed E-state index contributed by atoms with van der Waals surface area (Å²) in [6.07, 6.45) is 6.47. The predicted octanol–water partition coefficient (Wildman–Crippen LogP) is 1.25. The van der Waals surface area contributed by atoms with Crippen LogP contribution in [0.1, 0.15) is 63.7 Å². The molecular formula is C31H42N4O11. The standard InChI is InChI=1S/C31H42N4O11/c1-2-3-4-5-6-10-13-23(35-24(36)14-15-25(35)37)30(45)32-31(22-11-8-7-9-12-22)46-29(44)21-34(20-28(42)43)17-16-33(18-26(38)39)19-27(40)41/h7-9,11-12,14-15,23,31H,2-6,10,13,16-21H2,1H3,(H,32,45)(H,38,39)(H,40,41)(H,42,43). The molecular weight excluding hydrogens is 604 g/mol. The number of hydrogen-bond donors (Lipinski definition) is 4. The first-order chi connectivity index (χ1) is 21.9. The lowest BCUT2D eigenvalue weighted by Gasteiger charge is -2.29. The zero-order chi connectivity index (χ0) is 34.1. The lowest BCUT2D eigenvalue weighted by atomic mass is 10.0. The summed E-state index contributed by atoms with van der Waals surface area (Å²) < 4.78 is 5.58. The van der Waals surface area contributed by atoms with Gasteiger partial charge in [0.15, 0.2) is 0 Å². The zero-order valence-corrected chi connectivity index (χ0v) is 25.8. The van der Waals surface area contributed by atoms with Crippen molar-refractivity contribution < 1.29 is 53.6 Å². The number of ether oxygens (including phenoxy) is 1. The van der Waals surface area contributed by atoms with Crippen LogP contribution < -0.4 is 5.32 Å². The van der Waals surface area contributed by atoms with Crippen LogP contribution in [0.4, 0.5) is 0 Å². The van der Waals surface area contributed by atoms with E-state index in [0.717, 1.165) is 59.0 Å². The molecule has 3 amide bonds. The van der Waals surface area contributed by atoms with Crippen molar-refractivity contribution in [3.8, 4) is 0 Å². The van der Waals surface area contributed by atoms with Gasteiger partial charge in [0, 0.05) is 30.8 Å². The minimum Gasteiger partial charge on any atom is -0.480 e. The average molecular weight is 647 g/mol. The maximum absolute atomic E-state index is 13.6. The number of benzene rings is 1. The van der Waals surface area contributed by atoms with Gasteiger partial charge in [-0.25, -0.2) is 0 Å². The van der Waals surface area contributed by atoms with Crippen molar-refractivity contribution in [2.45, 2.75) is 64.1 Å². The zero-order valence-electron chi connectivity index (χ0n) is 25.8. The number of rotatable bonds is 23. The second-order valence-electron chi connectivity index (χ2n) is 10.8. The van der Waals surface area contributed by atoms with Crippen LogP contribution in [0.25, 0.3) is 0 Å². The molecule has 1 aliphatic rings. The minimum atomic E-state index is -1.36. The number of nitrogens with one attached hydrogen (secondary N) is 1. The molecule has 0 aromatic heterocycles. The number of carbonyl (C=O) groups is 7. The average Bonchev–Trinajstić information content (AvgIpc) is 3.31. The number of carboxylic acids is 3. The number of esters is 1. The Morgan fingerprint density at radius 1 is 0.761 bits per heavy atom. The monoisotopic (exact) mass is 646 g/mol. The molecule has 0 spiro atoms. The largest absolute Gasteiger partial charge is 0.480 e. The van der Waals surface area contributed by atoms with Crippen LogP contribution in [0.2, 0.25) is 0 Å². The Morgan fingerprint density at radius 2 is 1.26 bits per heavy atom. The Kier molecular flexibility index (Phi) is 16.1. The number of imide groups is 1. The summed E-state index contributed by atoms with van der Waals surface area (Å²) in [5, 5.41) is 30.1. The normalized spacial score (nSPS) is 14.0. The third kappa shape index (κ3) is 13.6. The van der Waals surface area contributed by atoms with Gasteiger partial charge in [-0.3, -0.25) is 48.3 Å². The Labute approximate surface area is 266 Å². The second kappa shape index (κ2) is 19.7. The molecule has 46 heavy (non-hydrogen) atoms. The van der Waals surface area contributed by atoms with E-state index < -0.39 is 80.0 Å². The smallest absolute Gasteiger partial charge is 0.322 e. The molecule has 2 rings (SSSR count). The van der Waals surface area contributed by atoms with E-state index in [1.807, 2.05) is 0 Å². The third-order valence-electron chi connectivity index (χ3n) is 7.08. The van der Waals surface area contributed by atoms with E-state index in [4.69, 9.17) is 14.9 Å². The molecule has 4 N–H and O–H groups in total. The summed E-state index contributed by atoms with van der Waals surface area (Å²) >= 11 is 0. The number of amides is 3. The van der Waals surface area contributed by atoms with Crippen LogP contribution in [-0.2, 0) is 38.3 Å². The van der Waals surface area contributed by atoms with Crippen molar-refractivity contribution in [1.82, 2.24) is 20.0 Å². The van der Waals surface area contributed by atoms with Gasteiger partial charge in [0.25, 0.3) is 11.8 Å². The first-order valence-corrected chi connectivity index (χ1v) is 15.1. The van der Waals surface area contributed by atoms with E-state index in [0.29, 0.717) is 12.0 Å². The van der Waals surface area contributed by atoms with Crippen molar-refractivity contribution in [3.05, 3.63) is 48.0 Å². The maximum atomic E-state index is 13.6. The minimum absolute atomic E-state index is 0.177. The topological polar surface area (TPSA) is 211 Å². The Bertz CT molecular complexity index is 1220. The summed E-state index contributed by atoms with van der Waals surface area (Å²) in [4.78, 5) is 88.5. The third-order valence-corrected chi connectivity index (χ3v) is 7.08. The highest BCUT2D eigenvalue weighted by Gasteiger charge is 2.37. The summed E-state index contributed by atoms with van der Waals surface area (Å²) in [5.74, 6) is -6.79. The van der Waals surface area contributed by atoms with Crippen molar-refractivity contribution >= 4 is 41.6 Å². The van der Waals surface area contributed by atoms with E-state index in [1.54, 1.807) is 30.3 Å². The fourth-order valence-corrected chi connectivity index (χ4v) is 4.88. The molecule has 2 atom stereocenters. The number of nitrogens with zero attached hydrogens (tertiary/aromatic N) is 3. The van der Waals surface area contributed by atoms with Crippen LogP contribution in [0.3, 0.4) is 0 Å². The van der Waals surface area contributed by atoms with Crippen LogP contribution in [-0.4, -0.2) is 117 Å². The lowest BCUT2D eigenvalue weighted by molar-refractivity contribution is -0.157. The number of carbonyl (C=O) groups excluding carboxylic acids is 4. The highest BCUT2D eigenvalue weighted by molar-refractivity contribution is 6.15. The van der Waals surface area contributed by atoms with Gasteiger partial charge in [0.05, 0.1) is 26.2 Å². The number of hydrogen-bond acceptors (Lipinski definition) is 10. The molecule has 0 bridgehead atoms. The molecule has 252 valence electrons. The highest BCUT2D eigenvalue weighted by atomic mass is 16.6. The van der Waals surface area contributed by atoms with Crippen LogP contribution in [0, 0.1) is 0 Å². The van der Waals surface area contributed by atoms with Crippen LogP contribution in [0.5, 0.6) is 0 Å². The van der Waals surface area contributed by atoms with Gasteiger partial charge in [-0.05, 0) is 6.42 Å². The molecule has 0 fully saturated rings. The van der Waals surface area contributed by atoms with E-state index >= 15 is 0 Å². The second-order valence-corrected chi connectivity index (χ2v) is 10.8. The molecule has 0 radical (unpaired) electrons. The van der Waals surface area contributed by atoms with E-state index in [1.165, 1.54) is 0 Å². The summed E-state index contributed by atoms with van der Waals surface area (Å²) in [5.41, 5.74) is 0.360. The van der Waals surface area contributed by atoms with Crippen molar-refractivity contribution in [2.24, 2.45) is 0 Å². The van der Waals surface area contributed by atoms with E-state index in [2.05, 4.69) is 12.2 Å². The predicted molar refractivity (Wildman–Crippen MR) is 162 cm³/mol. The SMILES string of the molecule is CCCCCCCCC(C(=O)NC(OC(=O)CN(CCN(CC(=O)O)CC(=O)O)CC(=O)O)c1ccccc1)N1C(=O)C=CC1=O. The van der Waals surface area contributed by atoms with Crippen molar-refractivity contribution in [1.29, 1.82) is 0 Å². The van der Waals surface area contributed by atoms with Crippen molar-refractivity contribution in [2.75, 3.05) is 39.3 Å². The van der Waals surface area contributed by atoms with Crippen LogP contribution >= 0.6 is 0 Å². The number of carboxylic acid groups (broad SMARTS) is 3. The Balaban J connectivity index is 2.19. The maximum Gasteiger partial charge on any atom is 0.322 e. The molecule has 0 saturated carbocycles. The summed E-state index contributed by atoms with van der Waals surface area (Å²) in [7, 11) is 0. The Morgan fingerprint density at radius 3 is 1.78 bits per heavy atom. The highest BCUT2D eigenvalue weighted by Crippen LogP contribution is 2.20. The quantitative estimate of drug-likeness (QED) is 0.0571. The lowest BCUT2D eigenvalue weighted by Crippen LogP contribution is -2.51. The van der Waals surface area contributed by atoms with Gasteiger partial charge in [-0.1, -0.05) is 75.8 Å². The molecule has 1 aliphatic heterocycles. The molecule has 15 nitrogen and oxygen atoms in total. The van der Waals surface area contributed by atoms with Gasteiger partial charge < -0.3 is 25.4 Å². The van der Waals surface area contributed by atoms with E-state index in [-0.39, 0.29) is 19.5 Å². The van der Waals surface area contributed by atoms with Crippen LogP contribution in [0.15, 0.2) is 42.5 Å². The fourth-order valence-electron chi connectivity index (χ4n) is 4.88. The molecule has 1 aromatic carbocycles. The molecule has 0 aliphatic carbocycles. The van der Waals surface area contributed by atoms with Crippen molar-refractivity contribution in [3.63, 3.8) is 0 Å². The molecule has 15 heteroatoms. The first kappa shape index (κ1) is 37.6. The molecule has 0 saturated heterocycles. The Hall–Kier alpha value is -4.63. The van der Waals surface area contributed by atoms with E-state index in [9.17, 15) is 38.7 Å². The first-order valence-electron chi connectivity index (χ1n) is 15.1. The van der Waals surface area contributed by atoms with Gasteiger partial charge in [0.2, 0.25) is 12.1 Å². The number of aliphatic carboxylic acids is 3. The summed E-state index contributed by atoms with van der Waals surface area (Å²) in [6, 6.07) is 6.99. The number of unbranched alkanes of at least 4 members (excludes halogenated alkanes) is 5. The molecule has 1 aromatic rings. The summed E-state index contributed by atoms with van der Waals surface area (Å²) in [6.45, 7) is -0.725. The van der Waals surface area contributed by atoms with Gasteiger partial charge in [-0.15, -0.1) is 0 Å². The molecule has 1 heterocycles. The van der Waals surface area contributed by atoms with Gasteiger partial charge in [-0.2, -0.15) is 0 Å². The van der Waals surface area contributed by atoms with Gasteiger partial charge >= 0.3 is 23.9 Å². The fraction of sp³-hybridized carbons (Fsp3) is 0.516. The van der Waals surface area contributed by atoms with Gasteiger partial charge in [0.1, 0.15) is 6.04 Å².